The summed E-state index contributed by atoms with van der Waals surface area (Å²) in [5.74, 6) is 0. The summed E-state index contributed by atoms with van der Waals surface area (Å²) < 4.78 is 5.23. The van der Waals surface area contributed by atoms with Crippen LogP contribution in [0.25, 0.3) is 0 Å². The maximum absolute atomic E-state index is 11.9. The Morgan fingerprint density at radius 1 is 0.808 bits per heavy atom. The maximum atomic E-state index is 11.9. The number of carbonyl (C=O) groups is 1. The molecule has 1 amide bonds. The molecule has 154 valence electrons. The fourth-order valence-electron chi connectivity index (χ4n) is 3.10. The third kappa shape index (κ3) is 17.8. The molecule has 0 saturated heterocycles. The highest BCUT2D eigenvalue weighted by molar-refractivity contribution is 5.67. The van der Waals surface area contributed by atoms with Crippen LogP contribution in [0.3, 0.4) is 0 Å². The second kappa shape index (κ2) is 18.8. The van der Waals surface area contributed by atoms with Crippen molar-refractivity contribution in [3.05, 3.63) is 12.2 Å². The Labute approximate surface area is 163 Å². The molecule has 1 atom stereocenters. The number of alkyl carbamates (subject to hydrolysis) is 1. The Kier molecular flexibility index (Phi) is 18.1. The van der Waals surface area contributed by atoms with Crippen molar-refractivity contribution in [1.82, 2.24) is 5.32 Å². The Bertz CT molecular complexity index is 339. The van der Waals surface area contributed by atoms with Gasteiger partial charge >= 0.3 is 6.09 Å². The first-order valence-electron chi connectivity index (χ1n) is 11.2. The van der Waals surface area contributed by atoms with E-state index in [1.807, 2.05) is 13.8 Å². The summed E-state index contributed by atoms with van der Waals surface area (Å²) >= 11 is 0. The van der Waals surface area contributed by atoms with Crippen molar-refractivity contribution in [2.45, 2.75) is 130 Å². The predicted molar refractivity (Wildman–Crippen MR) is 114 cm³/mol. The molecule has 0 aliphatic carbocycles. The third-order valence-corrected chi connectivity index (χ3v) is 4.64. The minimum Gasteiger partial charge on any atom is -0.447 e. The van der Waals surface area contributed by atoms with Crippen LogP contribution in [0, 0.1) is 0 Å². The lowest BCUT2D eigenvalue weighted by atomic mass is 10.0. The average molecular weight is 368 g/mol. The molecule has 0 heterocycles. The quantitative estimate of drug-likeness (QED) is 0.213. The first-order valence-corrected chi connectivity index (χ1v) is 11.2. The Hall–Kier alpha value is -0.990. The van der Waals surface area contributed by atoms with Crippen LogP contribution in [-0.2, 0) is 4.74 Å². The number of rotatable bonds is 17. The number of hydrogen-bond donors (Lipinski definition) is 1. The molecule has 0 aromatic heterocycles. The monoisotopic (exact) mass is 367 g/mol. The second-order valence-electron chi connectivity index (χ2n) is 7.75. The van der Waals surface area contributed by atoms with Gasteiger partial charge in [0.2, 0.25) is 0 Å². The summed E-state index contributed by atoms with van der Waals surface area (Å²) in [6, 6.07) is 0.266. The summed E-state index contributed by atoms with van der Waals surface area (Å²) in [5, 5.41) is 3.07. The fraction of sp³-hybridized carbons (Fsp3) is 0.870. The standard InChI is InChI=1S/C23H45NO2/c1-5-7-9-10-11-12-13-14-15-16-18-20-22(19-17-8-6-2)24-23(25)26-21(3)4/h12-13,21-22H,5-11,14-20H2,1-4H3,(H,24,25). The molecule has 0 aromatic rings. The van der Waals surface area contributed by atoms with Gasteiger partial charge in [0, 0.05) is 6.04 Å². The highest BCUT2D eigenvalue weighted by Gasteiger charge is 2.13. The molecule has 3 heteroatoms. The summed E-state index contributed by atoms with van der Waals surface area (Å²) in [5.41, 5.74) is 0. The Morgan fingerprint density at radius 2 is 1.31 bits per heavy atom. The molecule has 0 spiro atoms. The van der Waals surface area contributed by atoms with E-state index in [9.17, 15) is 4.79 Å². The van der Waals surface area contributed by atoms with E-state index in [0.717, 1.165) is 12.8 Å². The number of unbranched alkanes of at least 4 members (excludes halogenated alkanes) is 9. The summed E-state index contributed by atoms with van der Waals surface area (Å²) in [4.78, 5) is 11.9. The van der Waals surface area contributed by atoms with Gasteiger partial charge in [-0.25, -0.2) is 4.79 Å². The van der Waals surface area contributed by atoms with Gasteiger partial charge in [0.25, 0.3) is 0 Å². The predicted octanol–water partition coefficient (Wildman–Crippen LogP) is 7.55. The van der Waals surface area contributed by atoms with E-state index in [0.29, 0.717) is 0 Å². The van der Waals surface area contributed by atoms with E-state index in [-0.39, 0.29) is 18.2 Å². The van der Waals surface area contributed by atoms with Crippen molar-refractivity contribution in [2.24, 2.45) is 0 Å². The van der Waals surface area contributed by atoms with Gasteiger partial charge in [0.15, 0.2) is 0 Å². The van der Waals surface area contributed by atoms with Crippen LogP contribution >= 0.6 is 0 Å². The molecule has 0 radical (unpaired) electrons. The van der Waals surface area contributed by atoms with E-state index >= 15 is 0 Å². The van der Waals surface area contributed by atoms with Crippen molar-refractivity contribution in [3.63, 3.8) is 0 Å². The Balaban J connectivity index is 3.83. The van der Waals surface area contributed by atoms with Gasteiger partial charge in [0.1, 0.15) is 0 Å². The molecule has 0 aliphatic heterocycles. The minimum absolute atomic E-state index is 0.0555. The van der Waals surface area contributed by atoms with Crippen molar-refractivity contribution in [2.75, 3.05) is 0 Å². The molecule has 26 heavy (non-hydrogen) atoms. The first kappa shape index (κ1) is 25.0. The number of carbonyl (C=O) groups excluding carboxylic acids is 1. The smallest absolute Gasteiger partial charge is 0.407 e. The van der Waals surface area contributed by atoms with Gasteiger partial charge in [-0.1, -0.05) is 77.4 Å². The molecule has 0 saturated carbocycles. The zero-order valence-corrected chi connectivity index (χ0v) is 18.0. The van der Waals surface area contributed by atoms with Crippen LogP contribution in [0.4, 0.5) is 4.79 Å². The Morgan fingerprint density at radius 3 is 1.85 bits per heavy atom. The third-order valence-electron chi connectivity index (χ3n) is 4.64. The zero-order chi connectivity index (χ0) is 19.5. The van der Waals surface area contributed by atoms with E-state index in [4.69, 9.17) is 4.74 Å². The number of ether oxygens (including phenoxy) is 1. The van der Waals surface area contributed by atoms with Crippen molar-refractivity contribution < 1.29 is 9.53 Å². The van der Waals surface area contributed by atoms with Gasteiger partial charge in [-0.15, -0.1) is 0 Å². The molecule has 1 N–H and O–H groups in total. The largest absolute Gasteiger partial charge is 0.447 e. The van der Waals surface area contributed by atoms with Gasteiger partial charge in [-0.05, 0) is 52.4 Å². The highest BCUT2D eigenvalue weighted by Crippen LogP contribution is 2.13. The molecule has 3 nitrogen and oxygen atoms in total. The lowest BCUT2D eigenvalue weighted by Gasteiger charge is -2.19. The lowest BCUT2D eigenvalue weighted by Crippen LogP contribution is -2.36. The summed E-state index contributed by atoms with van der Waals surface area (Å²) in [6.45, 7) is 8.26. The number of amides is 1. The molecule has 0 aromatic carbocycles. The minimum atomic E-state index is -0.257. The summed E-state index contributed by atoms with van der Waals surface area (Å²) in [7, 11) is 0. The molecule has 0 rings (SSSR count). The zero-order valence-electron chi connectivity index (χ0n) is 18.0. The van der Waals surface area contributed by atoms with E-state index in [1.54, 1.807) is 0 Å². The highest BCUT2D eigenvalue weighted by atomic mass is 16.6. The molecule has 1 unspecified atom stereocenters. The van der Waals surface area contributed by atoms with Crippen LogP contribution < -0.4 is 5.32 Å². The number of allylic oxidation sites excluding steroid dienone is 2. The molecule has 0 fully saturated rings. The van der Waals surface area contributed by atoms with Crippen molar-refractivity contribution in [1.29, 1.82) is 0 Å². The van der Waals surface area contributed by atoms with Gasteiger partial charge in [-0.3, -0.25) is 0 Å². The molecular weight excluding hydrogens is 322 g/mol. The van der Waals surface area contributed by atoms with Crippen LogP contribution in [0.1, 0.15) is 118 Å². The SMILES string of the molecule is CCCCCCC=CCCCCCC(CCCCC)NC(=O)OC(C)C. The fourth-order valence-corrected chi connectivity index (χ4v) is 3.10. The number of nitrogens with one attached hydrogen (secondary N) is 1. The number of hydrogen-bond acceptors (Lipinski definition) is 2. The van der Waals surface area contributed by atoms with Crippen LogP contribution in [0.5, 0.6) is 0 Å². The van der Waals surface area contributed by atoms with Gasteiger partial charge in [0.05, 0.1) is 6.10 Å². The molecule has 0 aliphatic rings. The topological polar surface area (TPSA) is 38.3 Å². The maximum Gasteiger partial charge on any atom is 0.407 e. The average Bonchev–Trinajstić information content (AvgIpc) is 2.58. The van der Waals surface area contributed by atoms with Gasteiger partial charge < -0.3 is 10.1 Å². The normalized spacial score (nSPS) is 12.7. The molecular formula is C23H45NO2. The first-order chi connectivity index (χ1) is 12.6. The van der Waals surface area contributed by atoms with E-state index in [2.05, 4.69) is 31.3 Å². The van der Waals surface area contributed by atoms with Gasteiger partial charge in [-0.2, -0.15) is 0 Å². The van der Waals surface area contributed by atoms with Crippen molar-refractivity contribution in [3.8, 4) is 0 Å². The lowest BCUT2D eigenvalue weighted by molar-refractivity contribution is 0.111. The van der Waals surface area contributed by atoms with Crippen LogP contribution in [0.15, 0.2) is 12.2 Å². The van der Waals surface area contributed by atoms with Crippen LogP contribution in [-0.4, -0.2) is 18.2 Å². The van der Waals surface area contributed by atoms with Crippen molar-refractivity contribution >= 4 is 6.09 Å². The molecule has 0 bridgehead atoms. The summed E-state index contributed by atoms with van der Waals surface area (Å²) in [6.07, 6.45) is 21.7. The van der Waals surface area contributed by atoms with Crippen LogP contribution in [0.2, 0.25) is 0 Å². The van der Waals surface area contributed by atoms with E-state index < -0.39 is 0 Å². The second-order valence-corrected chi connectivity index (χ2v) is 7.75. The van der Waals surface area contributed by atoms with E-state index in [1.165, 1.54) is 77.0 Å².